The first-order chi connectivity index (χ1) is 28.4. The minimum Gasteiger partial charge on any atom is -0.480 e. The van der Waals surface area contributed by atoms with Crippen LogP contribution >= 0.6 is 7.80 Å². The molecule has 0 spiro atoms. The molecule has 2 aromatic rings. The van der Waals surface area contributed by atoms with Gasteiger partial charge in [0.05, 0.1) is 32.2 Å². The van der Waals surface area contributed by atoms with Crippen LogP contribution in [-0.2, 0) is 65.7 Å². The number of nitrogens with two attached hydrogens (primary N) is 2. The van der Waals surface area contributed by atoms with Gasteiger partial charge in [-0.3, -0.25) is 38.4 Å². The molecule has 0 bridgehead atoms. The molecule has 16 N–H and O–H groups in total. The summed E-state index contributed by atoms with van der Waals surface area (Å²) in [6, 6.07) is 12.1. The third-order valence-electron chi connectivity index (χ3n) is 6.85. The predicted molar refractivity (Wildman–Crippen MR) is 204 cm³/mol. The fraction of sp³-hybridized carbons (Fsp3) is 0.364. The van der Waals surface area contributed by atoms with E-state index in [0.29, 0.717) is 24.3 Å². The van der Waals surface area contributed by atoms with Crippen LogP contribution in [0.25, 0.3) is 0 Å². The third kappa shape index (κ3) is 26.9. The minimum absolute atomic E-state index is 0.328. The summed E-state index contributed by atoms with van der Waals surface area (Å²) in [6.07, 6.45) is 0.681. The van der Waals surface area contributed by atoms with E-state index >= 15 is 0 Å². The monoisotopic (exact) mass is 869 g/mol. The standard InChI is InChI=1S/C16H23N5O7.C15H21N5O7.C2H3NOP/c1-18-12(6-10-2-4-11(5-3-10)27-28-17)16(26)21-8-14(23)19-7-13(22)20-9-15(24)25;16-11(5-9-1-3-10(4-2-9)26-27-17)15(25)20-7-13(22)18-6-12(21)19-8-14(23)24;1-5(4)2-3/h2-5,12,18H,6-9,17H2,1H3,(H,19,23)(H,20,22)(H,21,26)(H,24,25);1-4,11H,5-8,16-17H2,(H,18,22)(H,19,21)(H,20,25)(H,23,24);1H3/q;;+1/p+1. The Morgan fingerprint density at radius 3 is 1.32 bits per heavy atom. The largest absolute Gasteiger partial charge is 0.480 e. The number of hydrogen-bond acceptors (Lipinski definition) is 17. The molecule has 0 saturated heterocycles. The Balaban J connectivity index is 0.00000104. The van der Waals surface area contributed by atoms with E-state index in [0.717, 1.165) is 11.1 Å². The van der Waals surface area contributed by atoms with Crippen molar-refractivity contribution in [3.05, 3.63) is 59.7 Å². The van der Waals surface area contributed by atoms with Gasteiger partial charge in [-0.2, -0.15) is 11.8 Å². The van der Waals surface area contributed by atoms with Crippen molar-refractivity contribution in [1.82, 2.24) is 37.2 Å². The number of carbonyl (C=O) groups excluding carboxylic acids is 6. The normalized spacial score (nSPS) is 11.0. The molecule has 0 aliphatic carbocycles. The fourth-order valence-corrected chi connectivity index (χ4v) is 3.97. The Morgan fingerprint density at radius 2 is 0.983 bits per heavy atom. The van der Waals surface area contributed by atoms with E-state index in [4.69, 9.17) is 27.3 Å². The van der Waals surface area contributed by atoms with Crippen LogP contribution in [0.4, 0.5) is 0 Å². The van der Waals surface area contributed by atoms with Gasteiger partial charge in [-0.1, -0.05) is 38.8 Å². The zero-order chi connectivity index (χ0) is 45.5. The summed E-state index contributed by atoms with van der Waals surface area (Å²) in [6.45, 7) is -1.16. The quantitative estimate of drug-likeness (QED) is 0.0282. The molecule has 60 heavy (non-hydrogen) atoms. The van der Waals surface area contributed by atoms with E-state index in [-0.39, 0.29) is 13.1 Å². The van der Waals surface area contributed by atoms with Crippen LogP contribution in [0.2, 0.25) is 0 Å². The van der Waals surface area contributed by atoms with Crippen molar-refractivity contribution in [2.24, 2.45) is 11.8 Å². The van der Waals surface area contributed by atoms with Gasteiger partial charge in [0.2, 0.25) is 29.5 Å². The van der Waals surface area contributed by atoms with Crippen molar-refractivity contribution >= 4 is 55.2 Å². The number of aliphatic carboxylic acids is 2. The fourth-order valence-electron chi connectivity index (χ4n) is 3.97. The third-order valence-corrected chi connectivity index (χ3v) is 7.13. The zero-order valence-electron chi connectivity index (χ0n) is 32.4. The molecule has 3 atom stereocenters. The van der Waals surface area contributed by atoms with Crippen molar-refractivity contribution in [3.63, 3.8) is 0 Å². The van der Waals surface area contributed by atoms with Crippen LogP contribution in [0.5, 0.6) is 11.5 Å². The number of rotatable bonds is 23. The van der Waals surface area contributed by atoms with Gasteiger partial charge in [-0.05, 0) is 48.9 Å². The number of carboxylic acid groups (broad SMARTS) is 2. The second-order valence-corrected chi connectivity index (χ2v) is 12.7. The summed E-state index contributed by atoms with van der Waals surface area (Å²) < 4.78 is 9.60. The summed E-state index contributed by atoms with van der Waals surface area (Å²) in [5.41, 5.74) is 5.39. The van der Waals surface area contributed by atoms with Gasteiger partial charge in [-0.25, -0.2) is 0 Å². The Hall–Kier alpha value is -6.85. The maximum atomic E-state index is 12.2. The highest BCUT2D eigenvalue weighted by atomic mass is 31.1. The molecule has 0 heterocycles. The second kappa shape index (κ2) is 31.2. The van der Waals surface area contributed by atoms with Crippen molar-refractivity contribution < 1.29 is 78.6 Å². The van der Waals surface area contributed by atoms with Crippen LogP contribution in [0.15, 0.2) is 48.5 Å². The highest BCUT2D eigenvalue weighted by Gasteiger charge is 2.20. The second-order valence-electron chi connectivity index (χ2n) is 11.5. The molecule has 0 aliphatic heterocycles. The Bertz CT molecular complexity index is 1780. The lowest BCUT2D eigenvalue weighted by molar-refractivity contribution is -0.403. The summed E-state index contributed by atoms with van der Waals surface area (Å²) >= 11 is 0. The molecule has 0 aromatic heterocycles. The highest BCUT2D eigenvalue weighted by molar-refractivity contribution is 7.49. The SMILES string of the molecule is CNC(Cc1ccc(OON)cc1)C(=O)NCC(=O)NCC(=O)NCC(=O)O.C[P+](=O)C#N.NOOc1ccc(CC([NH3+])C(=O)NCC(=O)NCC(=O)NCC(=O)O)cc1. The average molecular weight is 870 g/mol. The number of nitrogens with zero attached hydrogens (tertiary/aromatic N) is 1. The zero-order valence-corrected chi connectivity index (χ0v) is 33.3. The molecule has 6 amide bonds. The lowest BCUT2D eigenvalue weighted by Gasteiger charge is -2.16. The number of nitrogens with one attached hydrogen (secondary N) is 7. The number of hydrogen-bond donors (Lipinski definition) is 12. The first kappa shape index (κ1) is 53.1. The van der Waals surface area contributed by atoms with Crippen LogP contribution in [0, 0.1) is 11.1 Å². The van der Waals surface area contributed by atoms with Crippen LogP contribution in [0.1, 0.15) is 11.1 Å². The molecule has 0 radical (unpaired) electrons. The lowest BCUT2D eigenvalue weighted by Crippen LogP contribution is -2.68. The molecule has 2 rings (SSSR count). The van der Waals surface area contributed by atoms with Crippen LogP contribution < -0.4 is 64.5 Å². The number of amides is 6. The van der Waals surface area contributed by atoms with Crippen molar-refractivity contribution in [3.8, 4) is 17.3 Å². The molecule has 2 aromatic carbocycles. The highest BCUT2D eigenvalue weighted by Crippen LogP contribution is 2.14. The van der Waals surface area contributed by atoms with Gasteiger partial charge >= 0.3 is 25.5 Å². The average Bonchev–Trinajstić information content (AvgIpc) is 3.22. The lowest BCUT2D eigenvalue weighted by atomic mass is 10.1. The number of nitriles is 1. The van der Waals surface area contributed by atoms with Gasteiger partial charge in [0, 0.05) is 6.42 Å². The maximum Gasteiger partial charge on any atom is 0.452 e. The van der Waals surface area contributed by atoms with E-state index in [1.54, 1.807) is 55.6 Å². The van der Waals surface area contributed by atoms with Gasteiger partial charge < -0.3 is 62.9 Å². The van der Waals surface area contributed by atoms with Crippen LogP contribution in [0.3, 0.4) is 0 Å². The van der Waals surface area contributed by atoms with Crippen molar-refractivity contribution in [2.75, 3.05) is 53.0 Å². The Morgan fingerprint density at radius 1 is 0.650 bits per heavy atom. The molecule has 0 aliphatic rings. The van der Waals surface area contributed by atoms with Gasteiger partial charge in [0.15, 0.2) is 24.2 Å². The van der Waals surface area contributed by atoms with Crippen molar-refractivity contribution in [1.29, 1.82) is 5.26 Å². The minimum atomic E-state index is -1.54. The summed E-state index contributed by atoms with van der Waals surface area (Å²) in [5.74, 6) is 6.20. The predicted octanol–water partition coefficient (Wildman–Crippen LogP) is -5.18. The van der Waals surface area contributed by atoms with E-state index < -0.39 is 93.4 Å². The van der Waals surface area contributed by atoms with E-state index in [1.807, 2.05) is 0 Å². The molecule has 328 valence electrons. The van der Waals surface area contributed by atoms with E-state index in [2.05, 4.69) is 62.7 Å². The van der Waals surface area contributed by atoms with E-state index in [1.165, 1.54) is 12.5 Å². The summed E-state index contributed by atoms with van der Waals surface area (Å²) in [5, 5.41) is 40.9. The molecular formula is C33H48N11O15P+2. The number of benzene rings is 2. The number of likely N-dealkylation sites (N-methyl/N-ethyl adjacent to an activating group) is 1. The van der Waals surface area contributed by atoms with Crippen molar-refractivity contribution in [2.45, 2.75) is 24.9 Å². The summed E-state index contributed by atoms with van der Waals surface area (Å²) in [4.78, 5) is 108. The molecule has 3 unspecified atom stereocenters. The number of carbonyl (C=O) groups is 8. The first-order valence-corrected chi connectivity index (χ1v) is 18.8. The van der Waals surface area contributed by atoms with Crippen LogP contribution in [-0.4, -0.2) is 123 Å². The Labute approximate surface area is 342 Å². The molecule has 0 fully saturated rings. The topological polar surface area (TPSA) is 419 Å². The molecule has 0 saturated carbocycles. The number of carboxylic acids is 2. The molecule has 26 nitrogen and oxygen atoms in total. The van der Waals surface area contributed by atoms with Gasteiger partial charge in [-0.15, -0.1) is 5.26 Å². The first-order valence-electron chi connectivity index (χ1n) is 17.1. The molecular weight excluding hydrogens is 821 g/mol. The van der Waals surface area contributed by atoms with Gasteiger partial charge in [0.25, 0.3) is 5.91 Å². The maximum absolute atomic E-state index is 12.2. The Kier molecular flexibility index (Phi) is 27.6. The van der Waals surface area contributed by atoms with Gasteiger partial charge in [0.1, 0.15) is 13.1 Å². The van der Waals surface area contributed by atoms with E-state index in [9.17, 15) is 42.9 Å². The molecule has 27 heteroatoms. The number of quaternary nitrogens is 1. The summed E-state index contributed by atoms with van der Waals surface area (Å²) in [7, 11) is 0.0653. The smallest absolute Gasteiger partial charge is 0.452 e.